The molecule has 0 aliphatic carbocycles. The van der Waals surface area contributed by atoms with Crippen molar-refractivity contribution in [3.8, 4) is 6.07 Å². The number of hydrogen-bond acceptors (Lipinski definition) is 5. The molecule has 0 radical (unpaired) electrons. The molecule has 0 saturated carbocycles. The summed E-state index contributed by atoms with van der Waals surface area (Å²) < 4.78 is 44.6. The van der Waals surface area contributed by atoms with Gasteiger partial charge >= 0.3 is 5.97 Å². The third kappa shape index (κ3) is 4.68. The maximum atomic E-state index is 12.9. The van der Waals surface area contributed by atoms with Gasteiger partial charge in [0.15, 0.2) is 6.10 Å². The zero-order valence-electron chi connectivity index (χ0n) is 12.9. The molecule has 2 aromatic carbocycles. The summed E-state index contributed by atoms with van der Waals surface area (Å²) in [6.45, 7) is 1.39. The van der Waals surface area contributed by atoms with Gasteiger partial charge in [0, 0.05) is 0 Å². The molecule has 25 heavy (non-hydrogen) atoms. The monoisotopic (exact) mass is 382 g/mol. The van der Waals surface area contributed by atoms with E-state index in [0.29, 0.717) is 0 Å². The van der Waals surface area contributed by atoms with E-state index in [4.69, 9.17) is 21.6 Å². The molecule has 0 heterocycles. The fraction of sp³-hybridized carbons (Fsp3) is 0.125. The standard InChI is InChI=1S/C16H12ClFN2O4S/c1-10(9-19)24-16(21)11-2-7-14(17)15(8-11)20-25(22,23)13-5-3-12(18)4-6-13/h2-8,10,20H,1H3. The van der Waals surface area contributed by atoms with Crippen LogP contribution in [0.4, 0.5) is 10.1 Å². The molecular formula is C16H12ClFN2O4S. The average Bonchev–Trinajstić information content (AvgIpc) is 2.56. The van der Waals surface area contributed by atoms with E-state index >= 15 is 0 Å². The molecule has 1 N–H and O–H groups in total. The predicted molar refractivity (Wildman–Crippen MR) is 89.2 cm³/mol. The van der Waals surface area contributed by atoms with Crippen LogP contribution in [0.15, 0.2) is 47.4 Å². The number of halogens is 2. The molecule has 0 spiro atoms. The van der Waals surface area contributed by atoms with Gasteiger partial charge in [-0.3, -0.25) is 4.72 Å². The van der Waals surface area contributed by atoms with Crippen LogP contribution in [0.1, 0.15) is 17.3 Å². The van der Waals surface area contributed by atoms with Crippen LogP contribution >= 0.6 is 11.6 Å². The molecule has 0 amide bonds. The first-order valence-corrected chi connectivity index (χ1v) is 8.77. The molecule has 1 unspecified atom stereocenters. The summed E-state index contributed by atoms with van der Waals surface area (Å²) in [5.74, 6) is -1.37. The minimum atomic E-state index is -4.03. The summed E-state index contributed by atoms with van der Waals surface area (Å²) in [4.78, 5) is 11.7. The van der Waals surface area contributed by atoms with Crippen molar-refractivity contribution in [3.05, 3.63) is 58.9 Å². The largest absolute Gasteiger partial charge is 0.444 e. The first-order valence-electron chi connectivity index (χ1n) is 6.91. The van der Waals surface area contributed by atoms with Crippen LogP contribution in [0.3, 0.4) is 0 Å². The van der Waals surface area contributed by atoms with Gasteiger partial charge in [0.2, 0.25) is 0 Å². The Morgan fingerprint density at radius 3 is 2.52 bits per heavy atom. The fourth-order valence-electron chi connectivity index (χ4n) is 1.80. The number of carbonyl (C=O) groups excluding carboxylic acids is 1. The third-order valence-electron chi connectivity index (χ3n) is 3.04. The van der Waals surface area contributed by atoms with E-state index in [1.165, 1.54) is 25.1 Å². The Kier molecular flexibility index (Phi) is 5.62. The van der Waals surface area contributed by atoms with Crippen molar-refractivity contribution in [2.24, 2.45) is 0 Å². The van der Waals surface area contributed by atoms with Gasteiger partial charge in [-0.1, -0.05) is 11.6 Å². The number of ether oxygens (including phenoxy) is 1. The van der Waals surface area contributed by atoms with E-state index in [-0.39, 0.29) is 21.2 Å². The van der Waals surface area contributed by atoms with Gasteiger partial charge in [-0.15, -0.1) is 0 Å². The van der Waals surface area contributed by atoms with E-state index in [9.17, 15) is 17.6 Å². The molecule has 0 aliphatic heterocycles. The van der Waals surface area contributed by atoms with Crippen LogP contribution in [0.2, 0.25) is 5.02 Å². The number of benzene rings is 2. The lowest BCUT2D eigenvalue weighted by Gasteiger charge is -2.12. The van der Waals surface area contributed by atoms with Gasteiger partial charge in [0.1, 0.15) is 11.9 Å². The number of nitrogens with zero attached hydrogens (tertiary/aromatic N) is 1. The lowest BCUT2D eigenvalue weighted by Crippen LogP contribution is -2.15. The maximum absolute atomic E-state index is 12.9. The Bertz CT molecular complexity index is 940. The lowest BCUT2D eigenvalue weighted by molar-refractivity contribution is 0.0435. The third-order valence-corrected chi connectivity index (χ3v) is 4.75. The Morgan fingerprint density at radius 2 is 1.92 bits per heavy atom. The van der Waals surface area contributed by atoms with Crippen LogP contribution in [-0.2, 0) is 14.8 Å². The quantitative estimate of drug-likeness (QED) is 0.800. The molecule has 6 nitrogen and oxygen atoms in total. The van der Waals surface area contributed by atoms with Crippen LogP contribution in [-0.4, -0.2) is 20.5 Å². The number of rotatable bonds is 5. The molecule has 2 aromatic rings. The van der Waals surface area contributed by atoms with Gasteiger partial charge < -0.3 is 4.74 Å². The summed E-state index contributed by atoms with van der Waals surface area (Å²) in [6, 6.07) is 9.80. The Morgan fingerprint density at radius 1 is 1.28 bits per heavy atom. The topological polar surface area (TPSA) is 96.3 Å². The highest BCUT2D eigenvalue weighted by molar-refractivity contribution is 7.92. The highest BCUT2D eigenvalue weighted by Crippen LogP contribution is 2.26. The summed E-state index contributed by atoms with van der Waals surface area (Å²) in [5, 5.41) is 8.71. The number of nitrogens with one attached hydrogen (secondary N) is 1. The van der Waals surface area contributed by atoms with Gasteiger partial charge in [-0.25, -0.2) is 17.6 Å². The molecule has 2 rings (SSSR count). The minimum absolute atomic E-state index is 0.0170. The number of hydrogen-bond donors (Lipinski definition) is 1. The number of carbonyl (C=O) groups is 1. The average molecular weight is 383 g/mol. The summed E-state index contributed by atoms with van der Waals surface area (Å²) in [7, 11) is -4.03. The molecular weight excluding hydrogens is 371 g/mol. The van der Waals surface area contributed by atoms with Crippen molar-refractivity contribution in [2.75, 3.05) is 4.72 Å². The summed E-state index contributed by atoms with van der Waals surface area (Å²) in [5.41, 5.74) is -0.0339. The fourth-order valence-corrected chi connectivity index (χ4v) is 3.09. The molecule has 130 valence electrons. The van der Waals surface area contributed by atoms with Gasteiger partial charge in [0.25, 0.3) is 10.0 Å². The second-order valence-corrected chi connectivity index (χ2v) is 7.02. The molecule has 9 heteroatoms. The van der Waals surface area contributed by atoms with Crippen LogP contribution in [0.5, 0.6) is 0 Å². The first kappa shape index (κ1) is 18.7. The van der Waals surface area contributed by atoms with E-state index in [2.05, 4.69) is 4.72 Å². The van der Waals surface area contributed by atoms with Crippen molar-refractivity contribution in [1.29, 1.82) is 5.26 Å². The zero-order valence-corrected chi connectivity index (χ0v) is 14.4. The number of esters is 1. The number of anilines is 1. The molecule has 0 aliphatic rings. The number of sulfonamides is 1. The van der Waals surface area contributed by atoms with E-state index in [0.717, 1.165) is 24.3 Å². The van der Waals surface area contributed by atoms with Crippen molar-refractivity contribution < 1.29 is 22.3 Å². The first-order chi connectivity index (χ1) is 11.7. The Labute approximate surface area is 148 Å². The second-order valence-electron chi connectivity index (χ2n) is 4.93. The minimum Gasteiger partial charge on any atom is -0.444 e. The molecule has 0 saturated heterocycles. The van der Waals surface area contributed by atoms with Crippen molar-refractivity contribution in [2.45, 2.75) is 17.9 Å². The van der Waals surface area contributed by atoms with Crippen molar-refractivity contribution >= 4 is 33.3 Å². The van der Waals surface area contributed by atoms with Gasteiger partial charge in [-0.2, -0.15) is 5.26 Å². The Balaban J connectivity index is 2.30. The molecule has 1 atom stereocenters. The van der Waals surface area contributed by atoms with Crippen molar-refractivity contribution in [3.63, 3.8) is 0 Å². The summed E-state index contributed by atoms with van der Waals surface area (Å²) in [6.07, 6.45) is -0.956. The van der Waals surface area contributed by atoms with Crippen molar-refractivity contribution in [1.82, 2.24) is 0 Å². The lowest BCUT2D eigenvalue weighted by atomic mass is 10.2. The van der Waals surface area contributed by atoms with E-state index in [1.807, 2.05) is 0 Å². The van der Waals surface area contributed by atoms with Crippen LogP contribution in [0, 0.1) is 17.1 Å². The Hall–Kier alpha value is -2.63. The zero-order chi connectivity index (χ0) is 18.6. The van der Waals surface area contributed by atoms with Gasteiger partial charge in [0.05, 0.1) is 21.2 Å². The smallest absolute Gasteiger partial charge is 0.339 e. The summed E-state index contributed by atoms with van der Waals surface area (Å²) >= 11 is 5.96. The number of nitriles is 1. The molecule has 0 fully saturated rings. The molecule has 0 bridgehead atoms. The van der Waals surface area contributed by atoms with Gasteiger partial charge in [-0.05, 0) is 49.4 Å². The second kappa shape index (κ2) is 7.51. The van der Waals surface area contributed by atoms with Crippen LogP contribution in [0.25, 0.3) is 0 Å². The van der Waals surface area contributed by atoms with E-state index in [1.54, 1.807) is 6.07 Å². The highest BCUT2D eigenvalue weighted by Gasteiger charge is 2.18. The SMILES string of the molecule is CC(C#N)OC(=O)c1ccc(Cl)c(NS(=O)(=O)c2ccc(F)cc2)c1. The maximum Gasteiger partial charge on any atom is 0.339 e. The van der Waals surface area contributed by atoms with Crippen LogP contribution < -0.4 is 4.72 Å². The molecule has 0 aromatic heterocycles. The highest BCUT2D eigenvalue weighted by atomic mass is 35.5. The van der Waals surface area contributed by atoms with E-state index < -0.39 is 27.9 Å². The predicted octanol–water partition coefficient (Wildman–Crippen LogP) is 3.35. The normalized spacial score (nSPS) is 12.1.